The molecule has 0 saturated carbocycles. The molecule has 1 aliphatic heterocycles. The highest BCUT2D eigenvalue weighted by atomic mass is 19.1. The SMILES string of the molecule is CCCCCCc1ccc(OC(=O)c2ccc(C3OCC(CCCC)CO3)c(F)c2)cc1. The number of unbranched alkanes of at least 4 members (excludes halogenated alkanes) is 4. The summed E-state index contributed by atoms with van der Waals surface area (Å²) < 4.78 is 31.6. The van der Waals surface area contributed by atoms with Crippen molar-refractivity contribution in [2.45, 2.75) is 71.5 Å². The molecule has 3 rings (SSSR count). The highest BCUT2D eigenvalue weighted by Gasteiger charge is 2.26. The molecule has 2 aromatic rings. The van der Waals surface area contributed by atoms with Crippen LogP contribution in [0.4, 0.5) is 4.39 Å². The Hall–Kier alpha value is -2.24. The highest BCUT2D eigenvalue weighted by Crippen LogP contribution is 2.29. The molecule has 1 saturated heterocycles. The zero-order valence-electron chi connectivity index (χ0n) is 19.3. The van der Waals surface area contributed by atoms with Crippen LogP contribution in [0, 0.1) is 11.7 Å². The minimum absolute atomic E-state index is 0.159. The zero-order valence-corrected chi connectivity index (χ0v) is 19.3. The van der Waals surface area contributed by atoms with Crippen molar-refractivity contribution in [3.8, 4) is 5.75 Å². The molecule has 0 radical (unpaired) electrons. The van der Waals surface area contributed by atoms with Gasteiger partial charge in [0.1, 0.15) is 11.6 Å². The van der Waals surface area contributed by atoms with Gasteiger partial charge in [-0.25, -0.2) is 9.18 Å². The fourth-order valence-electron chi connectivity index (χ4n) is 3.87. The third-order valence-corrected chi connectivity index (χ3v) is 5.88. The number of carbonyl (C=O) groups excluding carboxylic acids is 1. The van der Waals surface area contributed by atoms with E-state index in [9.17, 15) is 9.18 Å². The first kappa shape index (κ1) is 24.4. The van der Waals surface area contributed by atoms with Crippen molar-refractivity contribution in [3.05, 3.63) is 65.0 Å². The maximum atomic E-state index is 14.7. The largest absolute Gasteiger partial charge is 0.423 e. The second-order valence-corrected chi connectivity index (χ2v) is 8.59. The molecule has 0 bridgehead atoms. The lowest BCUT2D eigenvalue weighted by Gasteiger charge is -2.29. The van der Waals surface area contributed by atoms with E-state index in [2.05, 4.69) is 13.8 Å². The summed E-state index contributed by atoms with van der Waals surface area (Å²) in [5, 5.41) is 0. The van der Waals surface area contributed by atoms with E-state index in [-0.39, 0.29) is 5.56 Å². The van der Waals surface area contributed by atoms with Crippen LogP contribution in [0.15, 0.2) is 42.5 Å². The van der Waals surface area contributed by atoms with Gasteiger partial charge in [0.05, 0.1) is 18.8 Å². The molecule has 0 N–H and O–H groups in total. The van der Waals surface area contributed by atoms with Gasteiger partial charge in [0.15, 0.2) is 6.29 Å². The predicted octanol–water partition coefficient (Wildman–Crippen LogP) is 7.02. The second kappa shape index (κ2) is 12.7. The summed E-state index contributed by atoms with van der Waals surface area (Å²) in [5.41, 5.74) is 1.69. The van der Waals surface area contributed by atoms with E-state index in [1.54, 1.807) is 24.3 Å². The summed E-state index contributed by atoms with van der Waals surface area (Å²) in [5.74, 6) is -0.310. The zero-order chi connectivity index (χ0) is 22.8. The third kappa shape index (κ3) is 7.14. The summed E-state index contributed by atoms with van der Waals surface area (Å²) in [6, 6.07) is 11.8. The van der Waals surface area contributed by atoms with Crippen molar-refractivity contribution >= 4 is 5.97 Å². The van der Waals surface area contributed by atoms with Crippen molar-refractivity contribution in [1.29, 1.82) is 0 Å². The molecule has 0 unspecified atom stereocenters. The minimum Gasteiger partial charge on any atom is -0.423 e. The normalized spacial score (nSPS) is 18.5. The Bertz CT molecular complexity index is 841. The molecule has 1 aliphatic rings. The lowest BCUT2D eigenvalue weighted by Crippen LogP contribution is -2.27. The average Bonchev–Trinajstić information content (AvgIpc) is 2.82. The summed E-state index contributed by atoms with van der Waals surface area (Å²) >= 11 is 0. The fraction of sp³-hybridized carbons (Fsp3) is 0.519. The maximum absolute atomic E-state index is 14.7. The number of carbonyl (C=O) groups is 1. The van der Waals surface area contributed by atoms with Crippen LogP contribution in [0.5, 0.6) is 5.75 Å². The van der Waals surface area contributed by atoms with E-state index in [1.807, 2.05) is 12.1 Å². The van der Waals surface area contributed by atoms with E-state index >= 15 is 0 Å². The van der Waals surface area contributed by atoms with Gasteiger partial charge in [-0.1, -0.05) is 64.2 Å². The van der Waals surface area contributed by atoms with Gasteiger partial charge in [0.2, 0.25) is 0 Å². The Morgan fingerprint density at radius 1 is 0.969 bits per heavy atom. The van der Waals surface area contributed by atoms with Gasteiger partial charge in [-0.2, -0.15) is 0 Å². The van der Waals surface area contributed by atoms with Gasteiger partial charge >= 0.3 is 5.97 Å². The van der Waals surface area contributed by atoms with E-state index in [0.717, 1.165) is 32.1 Å². The number of halogens is 1. The molecular formula is C27H35FO4. The van der Waals surface area contributed by atoms with Crippen LogP contribution >= 0.6 is 0 Å². The van der Waals surface area contributed by atoms with Gasteiger partial charge in [-0.3, -0.25) is 0 Å². The smallest absolute Gasteiger partial charge is 0.343 e. The Balaban J connectivity index is 1.52. The highest BCUT2D eigenvalue weighted by molar-refractivity contribution is 5.91. The molecule has 2 aromatic carbocycles. The van der Waals surface area contributed by atoms with Crippen LogP contribution in [0.1, 0.15) is 86.6 Å². The Labute approximate surface area is 191 Å². The lowest BCUT2D eigenvalue weighted by atomic mass is 10.0. The molecule has 0 atom stereocenters. The van der Waals surface area contributed by atoms with Crippen molar-refractivity contribution in [2.24, 2.45) is 5.92 Å². The molecule has 0 aromatic heterocycles. The van der Waals surface area contributed by atoms with Gasteiger partial charge in [0.25, 0.3) is 0 Å². The molecule has 1 heterocycles. The number of hydrogen-bond acceptors (Lipinski definition) is 4. The maximum Gasteiger partial charge on any atom is 0.343 e. The van der Waals surface area contributed by atoms with E-state index < -0.39 is 18.1 Å². The number of benzene rings is 2. The number of aryl methyl sites for hydroxylation is 1. The Morgan fingerprint density at radius 3 is 2.34 bits per heavy atom. The standard InChI is InChI=1S/C27H35FO4/c1-3-5-7-8-10-20-11-14-23(15-12-20)32-26(29)22-13-16-24(25(28)17-22)27-30-18-21(19-31-27)9-6-4-2/h11-17,21,27H,3-10,18-19H2,1-2H3. The average molecular weight is 443 g/mol. The Morgan fingerprint density at radius 2 is 1.69 bits per heavy atom. The van der Waals surface area contributed by atoms with Crippen LogP contribution in [0.2, 0.25) is 0 Å². The van der Waals surface area contributed by atoms with Gasteiger partial charge < -0.3 is 14.2 Å². The molecular weight excluding hydrogens is 407 g/mol. The molecule has 5 heteroatoms. The third-order valence-electron chi connectivity index (χ3n) is 5.88. The van der Waals surface area contributed by atoms with Crippen LogP contribution in [-0.4, -0.2) is 19.2 Å². The summed E-state index contributed by atoms with van der Waals surface area (Å²) in [7, 11) is 0. The van der Waals surface area contributed by atoms with Crippen molar-refractivity contribution in [3.63, 3.8) is 0 Å². The van der Waals surface area contributed by atoms with Crippen LogP contribution in [0.25, 0.3) is 0 Å². The van der Waals surface area contributed by atoms with Gasteiger partial charge in [0, 0.05) is 11.5 Å². The van der Waals surface area contributed by atoms with E-state index in [4.69, 9.17) is 14.2 Å². The van der Waals surface area contributed by atoms with Crippen LogP contribution in [0.3, 0.4) is 0 Å². The lowest BCUT2D eigenvalue weighted by molar-refractivity contribution is -0.207. The first-order valence-corrected chi connectivity index (χ1v) is 11.9. The second-order valence-electron chi connectivity index (χ2n) is 8.59. The molecule has 0 aliphatic carbocycles. The van der Waals surface area contributed by atoms with Crippen molar-refractivity contribution < 1.29 is 23.4 Å². The first-order chi connectivity index (χ1) is 15.6. The molecule has 1 fully saturated rings. The number of rotatable bonds is 11. The van der Waals surface area contributed by atoms with Crippen LogP contribution < -0.4 is 4.74 Å². The minimum atomic E-state index is -0.734. The number of ether oxygens (including phenoxy) is 3. The van der Waals surface area contributed by atoms with Crippen molar-refractivity contribution in [2.75, 3.05) is 13.2 Å². The molecule has 0 amide bonds. The van der Waals surface area contributed by atoms with E-state index in [0.29, 0.717) is 30.4 Å². The summed E-state index contributed by atoms with van der Waals surface area (Å²) in [6.45, 7) is 5.47. The Kier molecular flexibility index (Phi) is 9.69. The van der Waals surface area contributed by atoms with Crippen LogP contribution in [-0.2, 0) is 15.9 Å². The number of hydrogen-bond donors (Lipinski definition) is 0. The monoisotopic (exact) mass is 442 g/mol. The molecule has 4 nitrogen and oxygen atoms in total. The number of esters is 1. The summed E-state index contributed by atoms with van der Waals surface area (Å²) in [4.78, 5) is 12.5. The molecule has 0 spiro atoms. The molecule has 32 heavy (non-hydrogen) atoms. The predicted molar refractivity (Wildman–Crippen MR) is 123 cm³/mol. The van der Waals surface area contributed by atoms with Crippen molar-refractivity contribution in [1.82, 2.24) is 0 Å². The summed E-state index contributed by atoms with van der Waals surface area (Å²) in [6.07, 6.45) is 8.46. The quantitative estimate of drug-likeness (QED) is 0.213. The topological polar surface area (TPSA) is 44.8 Å². The fourth-order valence-corrected chi connectivity index (χ4v) is 3.87. The van der Waals surface area contributed by atoms with Gasteiger partial charge in [-0.15, -0.1) is 0 Å². The first-order valence-electron chi connectivity index (χ1n) is 11.9. The van der Waals surface area contributed by atoms with Gasteiger partial charge in [-0.05, 0) is 49.1 Å². The molecule has 174 valence electrons. The van der Waals surface area contributed by atoms with E-state index in [1.165, 1.54) is 30.9 Å².